The third kappa shape index (κ3) is 3.23. The second-order valence-corrected chi connectivity index (χ2v) is 5.04. The van der Waals surface area contributed by atoms with Crippen LogP contribution in [0.5, 0.6) is 0 Å². The lowest BCUT2D eigenvalue weighted by Gasteiger charge is -2.15. The molecule has 0 saturated heterocycles. The molecule has 2 rings (SSSR count). The van der Waals surface area contributed by atoms with Gasteiger partial charge < -0.3 is 16.0 Å². The number of hydrogen-bond donors (Lipinski definition) is 2. The van der Waals surface area contributed by atoms with E-state index in [-0.39, 0.29) is 5.91 Å². The van der Waals surface area contributed by atoms with E-state index in [1.54, 1.807) is 6.07 Å². The van der Waals surface area contributed by atoms with E-state index in [4.69, 9.17) is 5.73 Å². The van der Waals surface area contributed by atoms with Crippen LogP contribution in [0.4, 0.5) is 5.69 Å². The van der Waals surface area contributed by atoms with Crippen molar-refractivity contribution in [2.45, 2.75) is 25.8 Å². The van der Waals surface area contributed by atoms with Crippen LogP contribution < -0.4 is 11.1 Å². The molecule has 0 unspecified atom stereocenters. The number of hydrogen-bond acceptors (Lipinski definition) is 3. The maximum atomic E-state index is 11.9. The van der Waals surface area contributed by atoms with Gasteiger partial charge in [-0.2, -0.15) is 0 Å². The third-order valence-electron chi connectivity index (χ3n) is 3.46. The van der Waals surface area contributed by atoms with E-state index >= 15 is 0 Å². The molecule has 0 bridgehead atoms. The number of likely N-dealkylation sites (N-methyl/N-ethyl adjacent to an activating group) is 1. The highest BCUT2D eigenvalue weighted by Crippen LogP contribution is 2.24. The molecular formula is C14H21N3O. The van der Waals surface area contributed by atoms with E-state index in [1.807, 2.05) is 19.1 Å². The Morgan fingerprint density at radius 1 is 1.50 bits per heavy atom. The van der Waals surface area contributed by atoms with E-state index in [1.165, 1.54) is 12.8 Å². The fraction of sp³-hybridized carbons (Fsp3) is 0.500. The van der Waals surface area contributed by atoms with Gasteiger partial charge in [0.15, 0.2) is 0 Å². The van der Waals surface area contributed by atoms with Gasteiger partial charge in [0.1, 0.15) is 0 Å². The number of amides is 1. The molecule has 0 atom stereocenters. The number of nitrogen functional groups attached to an aromatic ring is 1. The van der Waals surface area contributed by atoms with Crippen molar-refractivity contribution in [1.82, 2.24) is 10.2 Å². The van der Waals surface area contributed by atoms with Gasteiger partial charge in [0.05, 0.1) is 0 Å². The summed E-state index contributed by atoms with van der Waals surface area (Å²) in [5.41, 5.74) is 8.09. The Morgan fingerprint density at radius 3 is 2.83 bits per heavy atom. The van der Waals surface area contributed by atoms with Crippen molar-refractivity contribution >= 4 is 11.6 Å². The Balaban J connectivity index is 1.81. The van der Waals surface area contributed by atoms with Crippen LogP contribution in [0.3, 0.4) is 0 Å². The lowest BCUT2D eigenvalue weighted by Crippen LogP contribution is -2.34. The van der Waals surface area contributed by atoms with Crippen molar-refractivity contribution in [3.8, 4) is 0 Å². The van der Waals surface area contributed by atoms with Gasteiger partial charge in [0.25, 0.3) is 5.91 Å². The number of benzene rings is 1. The van der Waals surface area contributed by atoms with Crippen molar-refractivity contribution < 1.29 is 4.79 Å². The van der Waals surface area contributed by atoms with Crippen molar-refractivity contribution in [3.63, 3.8) is 0 Å². The average Bonchev–Trinajstić information content (AvgIpc) is 3.16. The zero-order valence-corrected chi connectivity index (χ0v) is 11.1. The normalized spacial score (nSPS) is 14.8. The summed E-state index contributed by atoms with van der Waals surface area (Å²) < 4.78 is 0. The van der Waals surface area contributed by atoms with E-state index in [9.17, 15) is 4.79 Å². The quantitative estimate of drug-likeness (QED) is 0.773. The second-order valence-electron chi connectivity index (χ2n) is 5.04. The summed E-state index contributed by atoms with van der Waals surface area (Å²) in [5, 5.41) is 2.92. The third-order valence-corrected chi connectivity index (χ3v) is 3.46. The van der Waals surface area contributed by atoms with E-state index < -0.39 is 0 Å². The first-order valence-corrected chi connectivity index (χ1v) is 6.42. The van der Waals surface area contributed by atoms with Crippen molar-refractivity contribution in [3.05, 3.63) is 29.3 Å². The van der Waals surface area contributed by atoms with Crippen LogP contribution in [0, 0.1) is 6.92 Å². The van der Waals surface area contributed by atoms with Gasteiger partial charge in [0.2, 0.25) is 0 Å². The first-order chi connectivity index (χ1) is 8.58. The van der Waals surface area contributed by atoms with Crippen LogP contribution in [0.25, 0.3) is 0 Å². The first kappa shape index (κ1) is 12.9. The summed E-state index contributed by atoms with van der Waals surface area (Å²) in [6.45, 7) is 3.51. The lowest BCUT2D eigenvalue weighted by molar-refractivity contribution is 0.0949. The fourth-order valence-electron chi connectivity index (χ4n) is 1.93. The zero-order chi connectivity index (χ0) is 13.1. The Bertz CT molecular complexity index is 441. The summed E-state index contributed by atoms with van der Waals surface area (Å²) in [5.74, 6) is -0.0501. The predicted octanol–water partition coefficient (Wildman–Crippen LogP) is 1.40. The van der Waals surface area contributed by atoms with Crippen LogP contribution >= 0.6 is 0 Å². The molecule has 1 saturated carbocycles. The number of aryl methyl sites for hydroxylation is 1. The summed E-state index contributed by atoms with van der Waals surface area (Å²) in [4.78, 5) is 14.2. The van der Waals surface area contributed by atoms with Gasteiger partial charge in [-0.15, -0.1) is 0 Å². The number of rotatable bonds is 5. The predicted molar refractivity (Wildman–Crippen MR) is 73.6 cm³/mol. The molecular weight excluding hydrogens is 226 g/mol. The number of nitrogens with zero attached hydrogens (tertiary/aromatic N) is 1. The topological polar surface area (TPSA) is 58.4 Å². The molecule has 4 heteroatoms. The van der Waals surface area contributed by atoms with Gasteiger partial charge in [0, 0.05) is 30.4 Å². The molecule has 1 aliphatic carbocycles. The number of nitrogens with one attached hydrogen (secondary N) is 1. The molecule has 1 aromatic rings. The van der Waals surface area contributed by atoms with E-state index in [0.717, 1.165) is 18.2 Å². The lowest BCUT2D eigenvalue weighted by atomic mass is 10.1. The van der Waals surface area contributed by atoms with Crippen LogP contribution in [-0.4, -0.2) is 37.0 Å². The molecule has 1 aliphatic rings. The highest BCUT2D eigenvalue weighted by Gasteiger charge is 2.25. The second kappa shape index (κ2) is 5.40. The molecule has 1 amide bonds. The van der Waals surface area contributed by atoms with Crippen molar-refractivity contribution in [1.29, 1.82) is 0 Å². The SMILES string of the molecule is Cc1ccc(C(=O)NCCN(C)C2CC2)cc1N. The molecule has 0 aromatic heterocycles. The molecule has 0 heterocycles. The summed E-state index contributed by atoms with van der Waals surface area (Å²) in [6, 6.07) is 6.15. The molecule has 18 heavy (non-hydrogen) atoms. The Morgan fingerprint density at radius 2 is 2.22 bits per heavy atom. The fourth-order valence-corrected chi connectivity index (χ4v) is 1.93. The summed E-state index contributed by atoms with van der Waals surface area (Å²) >= 11 is 0. The van der Waals surface area contributed by atoms with Gasteiger partial charge in [-0.1, -0.05) is 6.07 Å². The highest BCUT2D eigenvalue weighted by molar-refractivity contribution is 5.95. The smallest absolute Gasteiger partial charge is 0.251 e. The first-order valence-electron chi connectivity index (χ1n) is 6.42. The van der Waals surface area contributed by atoms with Gasteiger partial charge in [-0.25, -0.2) is 0 Å². The molecule has 1 fully saturated rings. The average molecular weight is 247 g/mol. The van der Waals surface area contributed by atoms with Gasteiger partial charge in [-0.3, -0.25) is 4.79 Å². The molecule has 98 valence electrons. The minimum atomic E-state index is -0.0501. The molecule has 0 aliphatic heterocycles. The monoisotopic (exact) mass is 247 g/mol. The number of anilines is 1. The van der Waals surface area contributed by atoms with Crippen molar-refractivity contribution in [2.75, 3.05) is 25.9 Å². The number of nitrogens with two attached hydrogens (primary N) is 1. The largest absolute Gasteiger partial charge is 0.398 e. The number of carbonyl (C=O) groups is 1. The Labute approximate surface area is 108 Å². The highest BCUT2D eigenvalue weighted by atomic mass is 16.1. The van der Waals surface area contributed by atoms with Crippen LogP contribution in [0.1, 0.15) is 28.8 Å². The summed E-state index contributed by atoms with van der Waals surface area (Å²) in [7, 11) is 2.10. The molecule has 0 radical (unpaired) electrons. The van der Waals surface area contributed by atoms with Gasteiger partial charge >= 0.3 is 0 Å². The minimum absolute atomic E-state index is 0.0501. The molecule has 0 spiro atoms. The Hall–Kier alpha value is -1.55. The molecule has 3 N–H and O–H groups in total. The number of carbonyl (C=O) groups excluding carboxylic acids is 1. The van der Waals surface area contributed by atoms with Crippen LogP contribution in [0.2, 0.25) is 0 Å². The van der Waals surface area contributed by atoms with Gasteiger partial charge in [-0.05, 0) is 44.5 Å². The Kier molecular flexibility index (Phi) is 3.87. The van der Waals surface area contributed by atoms with E-state index in [2.05, 4.69) is 17.3 Å². The summed E-state index contributed by atoms with van der Waals surface area (Å²) in [6.07, 6.45) is 2.58. The standard InChI is InChI=1S/C14H21N3O/c1-10-3-4-11(9-13(10)15)14(18)16-7-8-17(2)12-5-6-12/h3-4,9,12H,5-8,15H2,1-2H3,(H,16,18). The van der Waals surface area contributed by atoms with Crippen LogP contribution in [0.15, 0.2) is 18.2 Å². The maximum Gasteiger partial charge on any atom is 0.251 e. The van der Waals surface area contributed by atoms with Crippen LogP contribution in [-0.2, 0) is 0 Å². The molecule has 4 nitrogen and oxygen atoms in total. The minimum Gasteiger partial charge on any atom is -0.398 e. The molecule has 1 aromatic carbocycles. The van der Waals surface area contributed by atoms with E-state index in [0.29, 0.717) is 17.8 Å². The zero-order valence-electron chi connectivity index (χ0n) is 11.1. The van der Waals surface area contributed by atoms with Crippen molar-refractivity contribution in [2.24, 2.45) is 0 Å². The maximum absolute atomic E-state index is 11.9.